The summed E-state index contributed by atoms with van der Waals surface area (Å²) in [5.41, 5.74) is 0.978. The first-order valence-electron chi connectivity index (χ1n) is 11.8. The lowest BCUT2D eigenvalue weighted by Gasteiger charge is -2.26. The molecule has 0 bridgehead atoms. The molecule has 10 heteroatoms. The largest absolute Gasteiger partial charge is 0.476 e. The molecule has 1 fully saturated rings. The second kappa shape index (κ2) is 10.4. The first kappa shape index (κ1) is 27.3. The van der Waals surface area contributed by atoms with Crippen LogP contribution < -0.4 is 4.74 Å². The molecule has 0 saturated carbocycles. The van der Waals surface area contributed by atoms with Crippen LogP contribution in [0.2, 0.25) is 0 Å². The topological polar surface area (TPSA) is 76.2 Å². The van der Waals surface area contributed by atoms with Crippen molar-refractivity contribution in [3.05, 3.63) is 52.2 Å². The van der Waals surface area contributed by atoms with E-state index in [1.807, 2.05) is 26.0 Å². The van der Waals surface area contributed by atoms with E-state index < -0.39 is 35.3 Å². The lowest BCUT2D eigenvalue weighted by molar-refractivity contribution is -0.158. The number of allylic oxidation sites excluding steroid dienone is 4. The molecule has 1 aromatic rings. The molecular weight excluding hydrogens is 477 g/mol. The molecule has 7 nitrogen and oxygen atoms in total. The highest BCUT2D eigenvalue weighted by atomic mass is 19.4. The van der Waals surface area contributed by atoms with E-state index >= 15 is 0 Å². The maximum absolute atomic E-state index is 12.9. The van der Waals surface area contributed by atoms with Crippen molar-refractivity contribution < 1.29 is 37.0 Å². The minimum atomic E-state index is -4.42. The van der Waals surface area contributed by atoms with Gasteiger partial charge >= 0.3 is 18.2 Å². The van der Waals surface area contributed by atoms with E-state index in [4.69, 9.17) is 9.47 Å². The van der Waals surface area contributed by atoms with E-state index in [-0.39, 0.29) is 38.2 Å². The van der Waals surface area contributed by atoms with Crippen molar-refractivity contribution in [3.8, 4) is 5.75 Å². The summed E-state index contributed by atoms with van der Waals surface area (Å²) in [4.78, 5) is 39.9. The number of rotatable bonds is 8. The fourth-order valence-electron chi connectivity index (χ4n) is 4.27. The number of carbonyl (C=O) groups is 3. The van der Waals surface area contributed by atoms with Crippen LogP contribution in [0.15, 0.2) is 35.6 Å². The van der Waals surface area contributed by atoms with Crippen molar-refractivity contribution in [1.82, 2.24) is 9.80 Å². The summed E-state index contributed by atoms with van der Waals surface area (Å²) in [5.74, 6) is -0.341. The highest BCUT2D eigenvalue weighted by Crippen LogP contribution is 2.35. The lowest BCUT2D eigenvalue weighted by atomic mass is 10.0. The Morgan fingerprint density at radius 2 is 1.69 bits per heavy atom. The molecular formula is C26H31F3N2O5. The number of benzene rings is 1. The minimum Gasteiger partial charge on any atom is -0.476 e. The molecule has 0 atom stereocenters. The Hall–Kier alpha value is -3.30. The number of ether oxygens (including phenoxy) is 2. The smallest absolute Gasteiger partial charge is 0.412 e. The Morgan fingerprint density at radius 3 is 2.22 bits per heavy atom. The van der Waals surface area contributed by atoms with Crippen molar-refractivity contribution in [2.24, 2.45) is 0 Å². The zero-order chi connectivity index (χ0) is 26.8. The number of nitrogens with zero attached hydrogens (tertiary/aromatic N) is 2. The number of aryl methyl sites for hydroxylation is 2. The first-order valence-corrected chi connectivity index (χ1v) is 11.8. The zero-order valence-corrected chi connectivity index (χ0v) is 21.1. The first-order chi connectivity index (χ1) is 16.7. The third-order valence-electron chi connectivity index (χ3n) is 6.13. The number of carbonyl (C=O) groups excluding carboxylic acids is 3. The van der Waals surface area contributed by atoms with Crippen molar-refractivity contribution in [1.29, 1.82) is 0 Å². The number of urea groups is 1. The van der Waals surface area contributed by atoms with Crippen molar-refractivity contribution in [2.75, 3.05) is 19.7 Å². The van der Waals surface area contributed by atoms with Gasteiger partial charge in [-0.2, -0.15) is 13.2 Å². The molecule has 0 N–H and O–H groups in total. The van der Waals surface area contributed by atoms with Crippen LogP contribution in [0.1, 0.15) is 50.3 Å². The predicted octanol–water partition coefficient (Wildman–Crippen LogP) is 5.00. The lowest BCUT2D eigenvalue weighted by Crippen LogP contribution is -2.40. The average molecular weight is 509 g/mol. The van der Waals surface area contributed by atoms with E-state index in [1.54, 1.807) is 20.8 Å². The molecule has 3 amide bonds. The standard InChI is InChI=1S/C26H31F3N2O5/c1-6-35-23(33)25(4,5)36-22-16(2)13-18(14-17(22)3)11-12-30-15-21(32)31(24(30)34)20-9-7-19(8-10-20)26(27,28)29/h7,9,13-14H,6,8,10-12,15H2,1-5H3. The molecule has 0 radical (unpaired) electrons. The summed E-state index contributed by atoms with van der Waals surface area (Å²) in [6.07, 6.45) is -2.12. The summed E-state index contributed by atoms with van der Waals surface area (Å²) in [6.45, 7) is 9.12. The van der Waals surface area contributed by atoms with E-state index in [0.29, 0.717) is 12.2 Å². The fraction of sp³-hybridized carbons (Fsp3) is 0.500. The van der Waals surface area contributed by atoms with Crippen molar-refractivity contribution >= 4 is 17.9 Å². The van der Waals surface area contributed by atoms with Gasteiger partial charge < -0.3 is 14.4 Å². The van der Waals surface area contributed by atoms with E-state index in [9.17, 15) is 27.6 Å². The van der Waals surface area contributed by atoms with Gasteiger partial charge in [0, 0.05) is 17.8 Å². The van der Waals surface area contributed by atoms with Crippen LogP contribution in [0, 0.1) is 13.8 Å². The second-order valence-corrected chi connectivity index (χ2v) is 9.42. The van der Waals surface area contributed by atoms with Gasteiger partial charge in [0.2, 0.25) is 0 Å². The molecule has 0 spiro atoms. The number of imide groups is 1. The summed E-state index contributed by atoms with van der Waals surface area (Å²) in [7, 11) is 0. The van der Waals surface area contributed by atoms with Crippen LogP contribution in [0.4, 0.5) is 18.0 Å². The van der Waals surface area contributed by atoms with Gasteiger partial charge in [0.05, 0.1) is 6.61 Å². The second-order valence-electron chi connectivity index (χ2n) is 9.42. The summed E-state index contributed by atoms with van der Waals surface area (Å²) >= 11 is 0. The van der Waals surface area contributed by atoms with E-state index in [1.165, 1.54) is 11.0 Å². The quantitative estimate of drug-likeness (QED) is 0.365. The fourth-order valence-corrected chi connectivity index (χ4v) is 4.27. The van der Waals surface area contributed by atoms with Gasteiger partial charge in [-0.25, -0.2) is 14.5 Å². The van der Waals surface area contributed by atoms with Crippen LogP contribution in [-0.2, 0) is 20.7 Å². The van der Waals surface area contributed by atoms with Crippen LogP contribution >= 0.6 is 0 Å². The Bertz CT molecular complexity index is 1100. The normalized spacial score (nSPS) is 16.8. The maximum Gasteiger partial charge on any atom is 0.412 e. The Morgan fingerprint density at radius 1 is 1.06 bits per heavy atom. The van der Waals surface area contributed by atoms with Crippen molar-refractivity contribution in [2.45, 2.75) is 65.7 Å². The van der Waals surface area contributed by atoms with E-state index in [0.717, 1.165) is 27.7 Å². The highest BCUT2D eigenvalue weighted by molar-refractivity contribution is 6.03. The molecule has 196 valence electrons. The molecule has 1 heterocycles. The summed E-state index contributed by atoms with van der Waals surface area (Å²) < 4.78 is 49.7. The molecule has 36 heavy (non-hydrogen) atoms. The Labute approximate surface area is 208 Å². The number of esters is 1. The minimum absolute atomic E-state index is 0.0291. The number of hydrogen-bond donors (Lipinski definition) is 0. The van der Waals surface area contributed by atoms with Gasteiger partial charge in [-0.3, -0.25) is 4.79 Å². The maximum atomic E-state index is 12.9. The molecule has 3 rings (SSSR count). The van der Waals surface area contributed by atoms with Gasteiger partial charge in [-0.05, 0) is 76.6 Å². The predicted molar refractivity (Wildman–Crippen MR) is 126 cm³/mol. The van der Waals surface area contributed by atoms with Crippen LogP contribution in [0.3, 0.4) is 0 Å². The SMILES string of the molecule is CCOC(=O)C(C)(C)Oc1c(C)cc(CCN2CC(=O)N(C3=CC=C(C(F)(F)F)CC3)C2=O)cc1C. The van der Waals surface area contributed by atoms with Crippen LogP contribution in [-0.4, -0.2) is 59.2 Å². The average Bonchev–Trinajstić information content (AvgIpc) is 3.07. The molecule has 1 saturated heterocycles. The Balaban J connectivity index is 1.67. The molecule has 1 aliphatic heterocycles. The number of hydrogen-bond acceptors (Lipinski definition) is 5. The van der Waals surface area contributed by atoms with Gasteiger partial charge in [0.15, 0.2) is 5.60 Å². The van der Waals surface area contributed by atoms with Gasteiger partial charge in [-0.1, -0.05) is 18.2 Å². The highest BCUT2D eigenvalue weighted by Gasteiger charge is 2.40. The molecule has 0 aromatic heterocycles. The van der Waals surface area contributed by atoms with Crippen LogP contribution in [0.5, 0.6) is 5.75 Å². The Kier molecular flexibility index (Phi) is 7.85. The van der Waals surface area contributed by atoms with Crippen LogP contribution in [0.25, 0.3) is 0 Å². The van der Waals surface area contributed by atoms with E-state index in [2.05, 4.69) is 0 Å². The molecule has 2 aliphatic rings. The van der Waals surface area contributed by atoms with Crippen molar-refractivity contribution in [3.63, 3.8) is 0 Å². The summed E-state index contributed by atoms with van der Waals surface area (Å²) in [5, 5.41) is 0. The van der Waals surface area contributed by atoms with Gasteiger partial charge in [0.1, 0.15) is 12.3 Å². The van der Waals surface area contributed by atoms with Gasteiger partial charge in [-0.15, -0.1) is 0 Å². The zero-order valence-electron chi connectivity index (χ0n) is 21.1. The third-order valence-corrected chi connectivity index (χ3v) is 6.13. The summed E-state index contributed by atoms with van der Waals surface area (Å²) in [6, 6.07) is 3.27. The van der Waals surface area contributed by atoms with Gasteiger partial charge in [0.25, 0.3) is 5.91 Å². The molecule has 1 aliphatic carbocycles. The molecule has 0 unspecified atom stereocenters. The monoisotopic (exact) mass is 508 g/mol. The number of halogens is 3. The molecule has 1 aromatic carbocycles. The number of amides is 3. The number of alkyl halides is 3. The third kappa shape index (κ3) is 5.91.